The molecule has 0 spiro atoms. The number of hydrogen-bond donors (Lipinski definition) is 5. The summed E-state index contributed by atoms with van der Waals surface area (Å²) >= 11 is 9.91. The summed E-state index contributed by atoms with van der Waals surface area (Å²) in [5, 5.41) is 35.6. The van der Waals surface area contributed by atoms with E-state index in [1.54, 1.807) is 56.0 Å². The van der Waals surface area contributed by atoms with Gasteiger partial charge in [0.05, 0.1) is 38.4 Å². The molecule has 0 aliphatic carbocycles. The highest BCUT2D eigenvalue weighted by molar-refractivity contribution is 9.11. The van der Waals surface area contributed by atoms with E-state index in [1.807, 2.05) is 39.0 Å². The number of nitrogens with two attached hydrogens (primary N) is 1. The van der Waals surface area contributed by atoms with Gasteiger partial charge >= 0.3 is 12.2 Å². The predicted octanol–water partition coefficient (Wildman–Crippen LogP) is 7.37. The fraction of sp³-hybridized carbons (Fsp3) is 0.432. The van der Waals surface area contributed by atoms with E-state index in [9.17, 15) is 19.5 Å². The summed E-state index contributed by atoms with van der Waals surface area (Å²) in [5.74, 6) is 0.937. The molecule has 4 rings (SSSR count). The van der Waals surface area contributed by atoms with E-state index >= 15 is 0 Å². The van der Waals surface area contributed by atoms with Gasteiger partial charge in [-0.2, -0.15) is 0 Å². The first-order chi connectivity index (χ1) is 24.7. The third-order valence-electron chi connectivity index (χ3n) is 6.32. The summed E-state index contributed by atoms with van der Waals surface area (Å²) in [6.07, 6.45) is -0.213. The number of phenolic OH excluding ortho intramolecular Hbond substituents is 2. The molecule has 3 aromatic rings. The zero-order chi connectivity index (χ0) is 40.4. The molecule has 1 aliphatic heterocycles. The first-order valence-corrected chi connectivity index (χ1v) is 18.8. The number of rotatable bonds is 6. The van der Waals surface area contributed by atoms with Crippen molar-refractivity contribution in [1.82, 2.24) is 9.80 Å². The molecule has 13 nitrogen and oxygen atoms in total. The number of amides is 2. The van der Waals surface area contributed by atoms with Crippen molar-refractivity contribution in [3.63, 3.8) is 0 Å². The Balaban J connectivity index is 0.000000394. The SMILES string of the molecule is CC(C)(C)OC(=O)N(CCO)Cc1cc(Br)ccc1O.CC(C)(C)OC(=O)N1CCOc2ccc(Br)cc2C1.NCCO.O=Cc1cc(Br)ccc1O. The first kappa shape index (κ1) is 47.6. The third kappa shape index (κ3) is 19.5. The molecule has 294 valence electrons. The van der Waals surface area contributed by atoms with Crippen LogP contribution in [0.1, 0.15) is 63.0 Å². The highest BCUT2D eigenvalue weighted by Gasteiger charge is 2.25. The van der Waals surface area contributed by atoms with Gasteiger partial charge in [0.25, 0.3) is 0 Å². The first-order valence-electron chi connectivity index (χ1n) is 16.4. The minimum atomic E-state index is -0.607. The molecule has 0 aromatic heterocycles. The van der Waals surface area contributed by atoms with Gasteiger partial charge in [-0.15, -0.1) is 0 Å². The molecule has 0 fully saturated rings. The zero-order valence-electron chi connectivity index (χ0n) is 30.8. The molecule has 6 N–H and O–H groups in total. The Morgan fingerprint density at radius 2 is 1.42 bits per heavy atom. The Hall–Kier alpha value is -3.41. The van der Waals surface area contributed by atoms with Gasteiger partial charge in [-0.05, 0) is 96.1 Å². The van der Waals surface area contributed by atoms with Gasteiger partial charge in [0.15, 0.2) is 6.29 Å². The number of phenols is 2. The molecule has 0 unspecified atom stereocenters. The topological polar surface area (TPSA) is 192 Å². The Kier molecular flexibility index (Phi) is 21.0. The largest absolute Gasteiger partial charge is 0.508 e. The van der Waals surface area contributed by atoms with Crippen LogP contribution in [-0.2, 0) is 22.6 Å². The smallest absolute Gasteiger partial charge is 0.410 e. The predicted molar refractivity (Wildman–Crippen MR) is 213 cm³/mol. The number of fused-ring (bicyclic) bond motifs is 1. The van der Waals surface area contributed by atoms with E-state index in [2.05, 4.69) is 47.8 Å². The number of carbonyl (C=O) groups excluding carboxylic acids is 3. The number of aromatic hydroxyl groups is 2. The van der Waals surface area contributed by atoms with Crippen LogP contribution in [0.4, 0.5) is 9.59 Å². The average Bonchev–Trinajstić information content (AvgIpc) is 3.29. The maximum atomic E-state index is 12.1. The van der Waals surface area contributed by atoms with Crippen LogP contribution in [0.25, 0.3) is 0 Å². The average molecular weight is 937 g/mol. The van der Waals surface area contributed by atoms with E-state index in [-0.39, 0.29) is 43.9 Å². The highest BCUT2D eigenvalue weighted by Crippen LogP contribution is 2.28. The van der Waals surface area contributed by atoms with Crippen LogP contribution in [0, 0.1) is 0 Å². The molecule has 0 bridgehead atoms. The Bertz CT molecular complexity index is 1610. The van der Waals surface area contributed by atoms with Crippen molar-refractivity contribution in [2.24, 2.45) is 5.73 Å². The summed E-state index contributed by atoms with van der Waals surface area (Å²) in [4.78, 5) is 37.4. The lowest BCUT2D eigenvalue weighted by atomic mass is 10.2. The number of halogens is 3. The normalized spacial score (nSPS) is 12.0. The molecule has 0 atom stereocenters. The van der Waals surface area contributed by atoms with Crippen molar-refractivity contribution >= 4 is 66.3 Å². The molecule has 1 heterocycles. The van der Waals surface area contributed by atoms with Crippen LogP contribution in [0.15, 0.2) is 68.0 Å². The number of aliphatic hydroxyl groups is 2. The Morgan fingerprint density at radius 3 is 1.94 bits per heavy atom. The number of benzene rings is 3. The second-order valence-electron chi connectivity index (χ2n) is 13.2. The lowest BCUT2D eigenvalue weighted by Gasteiger charge is -2.27. The monoisotopic (exact) mass is 933 g/mol. The number of aldehydes is 1. The molecular formula is C37H50Br3N3O10. The molecule has 0 saturated carbocycles. The minimum Gasteiger partial charge on any atom is -0.508 e. The van der Waals surface area contributed by atoms with Gasteiger partial charge < -0.3 is 50.2 Å². The molecule has 2 amide bonds. The van der Waals surface area contributed by atoms with Crippen LogP contribution in [-0.4, -0.2) is 99.4 Å². The van der Waals surface area contributed by atoms with Crippen molar-refractivity contribution in [2.75, 3.05) is 39.5 Å². The number of ether oxygens (including phenoxy) is 3. The molecule has 53 heavy (non-hydrogen) atoms. The maximum Gasteiger partial charge on any atom is 0.410 e. The van der Waals surface area contributed by atoms with E-state index in [4.69, 9.17) is 35.3 Å². The second-order valence-corrected chi connectivity index (χ2v) is 16.0. The lowest BCUT2D eigenvalue weighted by molar-refractivity contribution is 0.0197. The molecule has 3 aromatic carbocycles. The summed E-state index contributed by atoms with van der Waals surface area (Å²) in [7, 11) is 0. The summed E-state index contributed by atoms with van der Waals surface area (Å²) in [6.45, 7) is 13.0. The van der Waals surface area contributed by atoms with Crippen molar-refractivity contribution in [3.05, 3.63) is 84.7 Å². The second kappa shape index (κ2) is 23.4. The highest BCUT2D eigenvalue weighted by atomic mass is 79.9. The van der Waals surface area contributed by atoms with Gasteiger partial charge in [-0.3, -0.25) is 4.79 Å². The fourth-order valence-corrected chi connectivity index (χ4v) is 5.23. The molecular weight excluding hydrogens is 886 g/mol. The van der Waals surface area contributed by atoms with Gasteiger partial charge in [-0.1, -0.05) is 47.8 Å². The number of nitrogens with zero attached hydrogens (tertiary/aromatic N) is 2. The fourth-order valence-electron chi connectivity index (χ4n) is 4.03. The zero-order valence-corrected chi connectivity index (χ0v) is 35.5. The van der Waals surface area contributed by atoms with Crippen molar-refractivity contribution in [3.8, 4) is 17.2 Å². The third-order valence-corrected chi connectivity index (χ3v) is 7.80. The summed E-state index contributed by atoms with van der Waals surface area (Å²) in [5.41, 5.74) is 5.56. The molecule has 1 aliphatic rings. The van der Waals surface area contributed by atoms with E-state index in [0.717, 1.165) is 24.7 Å². The van der Waals surface area contributed by atoms with Gasteiger partial charge in [0, 0.05) is 37.6 Å². The molecule has 16 heteroatoms. The van der Waals surface area contributed by atoms with E-state index in [1.165, 1.54) is 11.0 Å². The number of carbonyl (C=O) groups is 3. The van der Waals surface area contributed by atoms with Crippen LogP contribution in [0.5, 0.6) is 17.2 Å². The van der Waals surface area contributed by atoms with Crippen molar-refractivity contribution in [1.29, 1.82) is 0 Å². The van der Waals surface area contributed by atoms with Crippen LogP contribution in [0.3, 0.4) is 0 Å². The summed E-state index contributed by atoms with van der Waals surface area (Å²) in [6, 6.07) is 15.5. The van der Waals surface area contributed by atoms with Crippen molar-refractivity contribution < 1.29 is 49.0 Å². The molecule has 0 radical (unpaired) electrons. The Morgan fingerprint density at radius 1 is 0.868 bits per heavy atom. The van der Waals surface area contributed by atoms with Crippen LogP contribution in [0.2, 0.25) is 0 Å². The van der Waals surface area contributed by atoms with E-state index < -0.39 is 17.3 Å². The molecule has 0 saturated heterocycles. The van der Waals surface area contributed by atoms with Crippen LogP contribution < -0.4 is 10.5 Å². The Labute approximate surface area is 336 Å². The van der Waals surface area contributed by atoms with Gasteiger partial charge in [-0.25, -0.2) is 9.59 Å². The lowest BCUT2D eigenvalue weighted by Crippen LogP contribution is -2.38. The van der Waals surface area contributed by atoms with Crippen LogP contribution >= 0.6 is 47.8 Å². The summed E-state index contributed by atoms with van der Waals surface area (Å²) < 4.78 is 18.9. The number of hydrogen-bond acceptors (Lipinski definition) is 11. The maximum absolute atomic E-state index is 12.1. The van der Waals surface area contributed by atoms with Gasteiger partial charge in [0.2, 0.25) is 0 Å². The quantitative estimate of drug-likeness (QED) is 0.155. The number of aliphatic hydroxyl groups excluding tert-OH is 2. The van der Waals surface area contributed by atoms with E-state index in [0.29, 0.717) is 43.7 Å². The standard InChI is InChI=1S/C14H20BrNO4.C14H18BrNO3.C7H5BrO2.C2H7NO/c1-14(2,3)20-13(19)16(6-7-17)9-10-8-11(15)4-5-12(10)18;1-14(2,3)19-13(17)16-6-7-18-12-5-4-11(15)8-10(12)9-16;8-6-1-2-7(10)5(3-6)4-9;3-1-2-4/h4-5,8,17-18H,6-7,9H2,1-3H3;4-5,8H,6-7,9H2,1-3H3;1-4,10H;4H,1-3H2. The van der Waals surface area contributed by atoms with Gasteiger partial charge in [0.1, 0.15) is 35.1 Å². The minimum absolute atomic E-state index is 0.0122. The van der Waals surface area contributed by atoms with Crippen molar-refractivity contribution in [2.45, 2.75) is 65.8 Å².